The van der Waals surface area contributed by atoms with Crippen molar-refractivity contribution >= 4 is 11.8 Å². The molecule has 0 saturated carbocycles. The summed E-state index contributed by atoms with van der Waals surface area (Å²) >= 11 is 1.75. The van der Waals surface area contributed by atoms with Gasteiger partial charge in [0.05, 0.1) is 0 Å². The van der Waals surface area contributed by atoms with Crippen molar-refractivity contribution in [1.82, 2.24) is 5.32 Å². The zero-order valence-corrected chi connectivity index (χ0v) is 10.7. The molecule has 4 heteroatoms. The van der Waals surface area contributed by atoms with E-state index in [2.05, 4.69) is 11.9 Å². The molecular weight excluding hydrogens is 240 g/mol. The Morgan fingerprint density at radius 1 is 1.47 bits per heavy atom. The van der Waals surface area contributed by atoms with Gasteiger partial charge in [0.25, 0.3) is 0 Å². The van der Waals surface area contributed by atoms with Gasteiger partial charge < -0.3 is 5.32 Å². The third-order valence-electron chi connectivity index (χ3n) is 2.38. The second kappa shape index (κ2) is 7.45. The third kappa shape index (κ3) is 4.48. The standard InChI is InChI=1S/C13H17F2NS/c1-3-8-17-9-7-16-10(2)11-5-4-6-12(14)13(11)15/h3-6,10,16H,1,7-9H2,2H3. The van der Waals surface area contributed by atoms with Gasteiger partial charge in [-0.3, -0.25) is 0 Å². The maximum Gasteiger partial charge on any atom is 0.163 e. The minimum absolute atomic E-state index is 0.185. The van der Waals surface area contributed by atoms with Crippen molar-refractivity contribution < 1.29 is 8.78 Å². The summed E-state index contributed by atoms with van der Waals surface area (Å²) in [5.74, 6) is 0.279. The molecule has 0 aliphatic carbocycles. The lowest BCUT2D eigenvalue weighted by Gasteiger charge is -2.14. The number of benzene rings is 1. The monoisotopic (exact) mass is 257 g/mol. The second-order valence-electron chi connectivity index (χ2n) is 3.68. The van der Waals surface area contributed by atoms with E-state index in [1.165, 1.54) is 6.07 Å². The highest BCUT2D eigenvalue weighted by molar-refractivity contribution is 7.99. The maximum atomic E-state index is 13.4. The Balaban J connectivity index is 2.44. The van der Waals surface area contributed by atoms with Crippen LogP contribution in [0, 0.1) is 11.6 Å². The van der Waals surface area contributed by atoms with Gasteiger partial charge >= 0.3 is 0 Å². The Bertz CT molecular complexity index is 368. The molecule has 0 heterocycles. The van der Waals surface area contributed by atoms with E-state index in [-0.39, 0.29) is 6.04 Å². The van der Waals surface area contributed by atoms with Crippen LogP contribution in [0.2, 0.25) is 0 Å². The summed E-state index contributed by atoms with van der Waals surface area (Å²) in [6.45, 7) is 6.22. The van der Waals surface area contributed by atoms with E-state index in [0.717, 1.165) is 24.1 Å². The number of thioether (sulfide) groups is 1. The lowest BCUT2D eigenvalue weighted by atomic mass is 10.1. The Morgan fingerprint density at radius 3 is 2.94 bits per heavy atom. The summed E-state index contributed by atoms with van der Waals surface area (Å²) in [6, 6.07) is 4.08. The zero-order valence-electron chi connectivity index (χ0n) is 9.88. The first-order valence-corrected chi connectivity index (χ1v) is 6.68. The first kappa shape index (κ1) is 14.2. The highest BCUT2D eigenvalue weighted by Gasteiger charge is 2.13. The van der Waals surface area contributed by atoms with Gasteiger partial charge in [-0.25, -0.2) is 8.78 Å². The lowest BCUT2D eigenvalue weighted by molar-refractivity contribution is 0.477. The topological polar surface area (TPSA) is 12.0 Å². The first-order chi connectivity index (χ1) is 8.16. The van der Waals surface area contributed by atoms with Crippen molar-refractivity contribution in [2.45, 2.75) is 13.0 Å². The molecular formula is C13H17F2NS. The van der Waals surface area contributed by atoms with Crippen LogP contribution in [0.25, 0.3) is 0 Å². The van der Waals surface area contributed by atoms with E-state index in [4.69, 9.17) is 0 Å². The summed E-state index contributed by atoms with van der Waals surface area (Å²) in [7, 11) is 0. The van der Waals surface area contributed by atoms with E-state index >= 15 is 0 Å². The maximum absolute atomic E-state index is 13.4. The van der Waals surface area contributed by atoms with Crippen LogP contribution < -0.4 is 5.32 Å². The van der Waals surface area contributed by atoms with Crippen LogP contribution in [-0.2, 0) is 0 Å². The highest BCUT2D eigenvalue weighted by atomic mass is 32.2. The zero-order chi connectivity index (χ0) is 12.7. The highest BCUT2D eigenvalue weighted by Crippen LogP contribution is 2.18. The third-order valence-corrected chi connectivity index (χ3v) is 3.34. The lowest BCUT2D eigenvalue weighted by Crippen LogP contribution is -2.22. The Labute approximate surface area is 105 Å². The van der Waals surface area contributed by atoms with Gasteiger partial charge in [0.2, 0.25) is 0 Å². The van der Waals surface area contributed by atoms with Crippen LogP contribution in [0.5, 0.6) is 0 Å². The largest absolute Gasteiger partial charge is 0.309 e. The van der Waals surface area contributed by atoms with Crippen molar-refractivity contribution in [3.05, 3.63) is 48.1 Å². The van der Waals surface area contributed by atoms with Crippen LogP contribution in [0.15, 0.2) is 30.9 Å². The molecule has 1 aromatic carbocycles. The Morgan fingerprint density at radius 2 is 2.24 bits per heavy atom. The van der Waals surface area contributed by atoms with Gasteiger partial charge in [-0.05, 0) is 13.0 Å². The van der Waals surface area contributed by atoms with Crippen molar-refractivity contribution in [3.8, 4) is 0 Å². The van der Waals surface area contributed by atoms with E-state index in [9.17, 15) is 8.78 Å². The van der Waals surface area contributed by atoms with E-state index in [1.807, 2.05) is 13.0 Å². The van der Waals surface area contributed by atoms with Crippen molar-refractivity contribution in [2.24, 2.45) is 0 Å². The predicted octanol–water partition coefficient (Wildman–Crippen LogP) is 3.53. The number of halogens is 2. The molecule has 94 valence electrons. The summed E-state index contributed by atoms with van der Waals surface area (Å²) in [5.41, 5.74) is 0.374. The molecule has 0 aromatic heterocycles. The van der Waals surface area contributed by atoms with Crippen molar-refractivity contribution in [1.29, 1.82) is 0 Å². The number of nitrogens with one attached hydrogen (secondary N) is 1. The second-order valence-corrected chi connectivity index (χ2v) is 4.83. The normalized spacial score (nSPS) is 12.4. The molecule has 0 aliphatic heterocycles. The molecule has 0 radical (unpaired) electrons. The summed E-state index contributed by atoms with van der Waals surface area (Å²) < 4.78 is 26.5. The van der Waals surface area contributed by atoms with Crippen LogP contribution in [0.4, 0.5) is 8.78 Å². The molecule has 1 nitrogen and oxygen atoms in total. The van der Waals surface area contributed by atoms with Gasteiger partial charge in [0.1, 0.15) is 0 Å². The molecule has 0 bridgehead atoms. The molecule has 0 aliphatic rings. The smallest absolute Gasteiger partial charge is 0.163 e. The average molecular weight is 257 g/mol. The minimum Gasteiger partial charge on any atom is -0.309 e. The minimum atomic E-state index is -0.794. The molecule has 1 unspecified atom stereocenters. The van der Waals surface area contributed by atoms with Crippen molar-refractivity contribution in [2.75, 3.05) is 18.1 Å². The Kier molecular flexibility index (Phi) is 6.22. The molecule has 1 atom stereocenters. The molecule has 0 amide bonds. The molecule has 1 N–H and O–H groups in total. The molecule has 0 saturated heterocycles. The molecule has 1 aromatic rings. The summed E-state index contributed by atoms with van der Waals surface area (Å²) in [6.07, 6.45) is 1.85. The fraction of sp³-hybridized carbons (Fsp3) is 0.385. The van der Waals surface area contributed by atoms with Gasteiger partial charge in [-0.1, -0.05) is 18.2 Å². The number of hydrogen-bond donors (Lipinski definition) is 1. The molecule has 0 spiro atoms. The van der Waals surface area contributed by atoms with E-state index < -0.39 is 11.6 Å². The van der Waals surface area contributed by atoms with Gasteiger partial charge in [-0.15, -0.1) is 6.58 Å². The van der Waals surface area contributed by atoms with Gasteiger partial charge in [0.15, 0.2) is 11.6 Å². The average Bonchev–Trinajstić information content (AvgIpc) is 2.32. The van der Waals surface area contributed by atoms with Crippen LogP contribution >= 0.6 is 11.8 Å². The fourth-order valence-corrected chi connectivity index (χ4v) is 2.07. The SMILES string of the molecule is C=CCSCCNC(C)c1cccc(F)c1F. The van der Waals surface area contributed by atoms with Crippen LogP contribution in [0.3, 0.4) is 0 Å². The molecule has 0 fully saturated rings. The van der Waals surface area contributed by atoms with E-state index in [0.29, 0.717) is 5.56 Å². The molecule has 17 heavy (non-hydrogen) atoms. The predicted molar refractivity (Wildman–Crippen MR) is 70.3 cm³/mol. The fourth-order valence-electron chi connectivity index (χ4n) is 1.48. The molecule has 1 rings (SSSR count). The van der Waals surface area contributed by atoms with Gasteiger partial charge in [0, 0.05) is 29.7 Å². The quantitative estimate of drug-likeness (QED) is 0.592. The van der Waals surface area contributed by atoms with E-state index in [1.54, 1.807) is 17.8 Å². The van der Waals surface area contributed by atoms with Crippen LogP contribution in [0.1, 0.15) is 18.5 Å². The Hall–Kier alpha value is -0.870. The first-order valence-electron chi connectivity index (χ1n) is 5.52. The van der Waals surface area contributed by atoms with Gasteiger partial charge in [-0.2, -0.15) is 11.8 Å². The summed E-state index contributed by atoms with van der Waals surface area (Å²) in [5, 5.41) is 3.16. The number of rotatable bonds is 7. The van der Waals surface area contributed by atoms with Crippen LogP contribution in [-0.4, -0.2) is 18.1 Å². The summed E-state index contributed by atoms with van der Waals surface area (Å²) in [4.78, 5) is 0. The number of hydrogen-bond acceptors (Lipinski definition) is 2. The van der Waals surface area contributed by atoms with Crippen molar-refractivity contribution in [3.63, 3.8) is 0 Å².